The minimum Gasteiger partial charge on any atom is -0.476 e. The van der Waals surface area contributed by atoms with Crippen molar-refractivity contribution in [3.8, 4) is 5.88 Å². The maximum atomic E-state index is 14.5. The zero-order valence-electron chi connectivity index (χ0n) is 23.8. The van der Waals surface area contributed by atoms with E-state index in [9.17, 15) is 18.8 Å². The fraction of sp³-hybridized carbons (Fsp3) is 0.333. The van der Waals surface area contributed by atoms with Gasteiger partial charge in [0.15, 0.2) is 17.2 Å². The molecule has 0 spiro atoms. The van der Waals surface area contributed by atoms with Crippen LogP contribution in [0.25, 0.3) is 5.65 Å². The van der Waals surface area contributed by atoms with Crippen molar-refractivity contribution in [2.24, 2.45) is 0 Å². The molecule has 1 amide bonds. The molecule has 1 fully saturated rings. The number of hydrazine groups is 1. The van der Waals surface area contributed by atoms with E-state index in [4.69, 9.17) is 9.47 Å². The Morgan fingerprint density at radius 2 is 1.88 bits per heavy atom. The molecular weight excluding hydrogens is 557 g/mol. The van der Waals surface area contributed by atoms with E-state index in [1.807, 2.05) is 16.9 Å². The van der Waals surface area contributed by atoms with E-state index in [1.54, 1.807) is 48.4 Å². The molecule has 1 atom stereocenters. The molecule has 222 valence electrons. The van der Waals surface area contributed by atoms with Crippen molar-refractivity contribution in [1.82, 2.24) is 24.5 Å². The van der Waals surface area contributed by atoms with Gasteiger partial charge in [-0.3, -0.25) is 19.6 Å². The van der Waals surface area contributed by atoms with Gasteiger partial charge in [-0.05, 0) is 26.3 Å². The first-order valence-corrected chi connectivity index (χ1v) is 14.1. The summed E-state index contributed by atoms with van der Waals surface area (Å²) in [5, 5.41) is 7.92. The summed E-state index contributed by atoms with van der Waals surface area (Å²) in [5.41, 5.74) is 1.86. The molecule has 0 unspecified atom stereocenters. The van der Waals surface area contributed by atoms with Crippen LogP contribution in [0.4, 0.5) is 15.9 Å². The molecule has 3 aromatic heterocycles. The molecule has 13 heteroatoms. The van der Waals surface area contributed by atoms with Crippen LogP contribution in [0.15, 0.2) is 55.0 Å². The van der Waals surface area contributed by atoms with Crippen molar-refractivity contribution in [1.29, 1.82) is 0 Å². The standard InChI is InChI=1S/C30H30FN7O5/c1-3-42-30(41)23-17-33-36-13-9-26(34-27(23)36)38-12-6-11-37(38)24-15-20(31)16-32-28(24)43-14-10-19(2)35-18-25(39)21-7-4-5-8-22(21)29(35)40/h4-5,7-9,13,15-17,19H,3,6,10-12,14,18H2,1-2H3/t19-/m1/s1. The van der Waals surface area contributed by atoms with Gasteiger partial charge in [0.05, 0.1) is 37.7 Å². The van der Waals surface area contributed by atoms with Crippen LogP contribution < -0.4 is 14.8 Å². The first-order chi connectivity index (χ1) is 20.9. The second-order valence-corrected chi connectivity index (χ2v) is 10.3. The van der Waals surface area contributed by atoms with E-state index in [0.29, 0.717) is 47.8 Å². The molecule has 5 heterocycles. The highest BCUT2D eigenvalue weighted by atomic mass is 19.1. The van der Waals surface area contributed by atoms with Gasteiger partial charge in [-0.2, -0.15) is 5.10 Å². The normalized spacial score (nSPS) is 15.7. The molecule has 1 aromatic carbocycles. The summed E-state index contributed by atoms with van der Waals surface area (Å²) in [6, 6.07) is 9.67. The lowest BCUT2D eigenvalue weighted by Crippen LogP contribution is -2.46. The summed E-state index contributed by atoms with van der Waals surface area (Å²) in [6.45, 7) is 5.15. The Labute approximate surface area is 246 Å². The number of halogens is 1. The number of amides is 1. The molecule has 2 aliphatic heterocycles. The molecular formula is C30H30FN7O5. The fourth-order valence-corrected chi connectivity index (χ4v) is 5.39. The third-order valence-electron chi connectivity index (χ3n) is 7.56. The number of rotatable bonds is 9. The summed E-state index contributed by atoms with van der Waals surface area (Å²) in [4.78, 5) is 48.6. The lowest BCUT2D eigenvalue weighted by Gasteiger charge is -2.33. The summed E-state index contributed by atoms with van der Waals surface area (Å²) in [6.07, 6.45) is 5.40. The van der Waals surface area contributed by atoms with Gasteiger partial charge < -0.3 is 14.4 Å². The first-order valence-electron chi connectivity index (χ1n) is 14.1. The number of aromatic nitrogens is 4. The Hall–Kier alpha value is -5.07. The summed E-state index contributed by atoms with van der Waals surface area (Å²) < 4.78 is 27.2. The van der Waals surface area contributed by atoms with Crippen molar-refractivity contribution in [3.63, 3.8) is 0 Å². The monoisotopic (exact) mass is 587 g/mol. The number of fused-ring (bicyclic) bond motifs is 2. The van der Waals surface area contributed by atoms with Crippen LogP contribution in [0.3, 0.4) is 0 Å². The second-order valence-electron chi connectivity index (χ2n) is 10.3. The average Bonchev–Trinajstić information content (AvgIpc) is 3.67. The number of anilines is 2. The van der Waals surface area contributed by atoms with E-state index in [-0.39, 0.29) is 48.9 Å². The van der Waals surface area contributed by atoms with Crippen LogP contribution in [0.5, 0.6) is 5.88 Å². The SMILES string of the molecule is CCOC(=O)c1cnn2ccc(N3CCCN3c3cc(F)cnc3OCC[C@@H](C)N3CC(=O)c4ccccc4C3=O)nc12. The minimum atomic E-state index is -0.526. The molecule has 0 aliphatic carbocycles. The molecule has 0 saturated carbocycles. The van der Waals surface area contributed by atoms with Gasteiger partial charge in [0.1, 0.15) is 17.1 Å². The van der Waals surface area contributed by atoms with E-state index in [1.165, 1.54) is 16.8 Å². The third-order valence-corrected chi connectivity index (χ3v) is 7.56. The largest absolute Gasteiger partial charge is 0.476 e. The number of pyridine rings is 1. The first kappa shape index (κ1) is 28.1. The van der Waals surface area contributed by atoms with Crippen LogP contribution in [0.1, 0.15) is 57.8 Å². The van der Waals surface area contributed by atoms with Gasteiger partial charge in [-0.15, -0.1) is 0 Å². The number of hydrogen-bond donors (Lipinski definition) is 0. The predicted octanol–water partition coefficient (Wildman–Crippen LogP) is 3.57. The summed E-state index contributed by atoms with van der Waals surface area (Å²) >= 11 is 0. The quantitative estimate of drug-likeness (QED) is 0.269. The molecule has 4 aromatic rings. The van der Waals surface area contributed by atoms with Gasteiger partial charge >= 0.3 is 5.97 Å². The average molecular weight is 588 g/mol. The number of Topliss-reactive ketones (excluding diaryl/α,β-unsaturated/α-hetero) is 1. The fourth-order valence-electron chi connectivity index (χ4n) is 5.39. The summed E-state index contributed by atoms with van der Waals surface area (Å²) in [5.74, 6) is -0.568. The number of carbonyl (C=O) groups excluding carboxylic acids is 3. The molecule has 12 nitrogen and oxygen atoms in total. The number of ether oxygens (including phenoxy) is 2. The highest BCUT2D eigenvalue weighted by Crippen LogP contribution is 2.33. The van der Waals surface area contributed by atoms with Crippen LogP contribution in [-0.4, -0.2) is 81.0 Å². The zero-order valence-corrected chi connectivity index (χ0v) is 23.8. The summed E-state index contributed by atoms with van der Waals surface area (Å²) in [7, 11) is 0. The van der Waals surface area contributed by atoms with Crippen LogP contribution in [0.2, 0.25) is 0 Å². The molecule has 1 saturated heterocycles. The van der Waals surface area contributed by atoms with Gasteiger partial charge in [-0.1, -0.05) is 18.2 Å². The Morgan fingerprint density at radius 1 is 1.09 bits per heavy atom. The Kier molecular flexibility index (Phi) is 7.61. The lowest BCUT2D eigenvalue weighted by molar-refractivity contribution is 0.0528. The molecule has 0 N–H and O–H groups in total. The van der Waals surface area contributed by atoms with Crippen molar-refractivity contribution in [2.45, 2.75) is 32.7 Å². The van der Waals surface area contributed by atoms with Crippen molar-refractivity contribution < 1.29 is 28.2 Å². The van der Waals surface area contributed by atoms with Crippen molar-refractivity contribution >= 4 is 34.8 Å². The molecule has 6 rings (SSSR count). The number of nitrogens with zero attached hydrogens (tertiary/aromatic N) is 7. The van der Waals surface area contributed by atoms with Crippen LogP contribution >= 0.6 is 0 Å². The van der Waals surface area contributed by atoms with Crippen LogP contribution in [0, 0.1) is 5.82 Å². The Morgan fingerprint density at radius 3 is 2.70 bits per heavy atom. The van der Waals surface area contributed by atoms with E-state index in [2.05, 4.69) is 15.1 Å². The predicted molar refractivity (Wildman–Crippen MR) is 154 cm³/mol. The molecule has 0 radical (unpaired) electrons. The third kappa shape index (κ3) is 5.33. The topological polar surface area (TPSA) is 122 Å². The van der Waals surface area contributed by atoms with E-state index in [0.717, 1.165) is 12.6 Å². The number of ketones is 1. The highest BCUT2D eigenvalue weighted by molar-refractivity contribution is 6.13. The van der Waals surface area contributed by atoms with Gasteiger partial charge in [0.2, 0.25) is 5.88 Å². The molecule has 0 bridgehead atoms. The van der Waals surface area contributed by atoms with E-state index < -0.39 is 11.8 Å². The molecule has 43 heavy (non-hydrogen) atoms. The van der Waals surface area contributed by atoms with Gasteiger partial charge in [0.25, 0.3) is 5.91 Å². The Balaban J connectivity index is 1.19. The number of carbonyl (C=O) groups is 3. The van der Waals surface area contributed by atoms with Crippen molar-refractivity contribution in [2.75, 3.05) is 42.9 Å². The number of esters is 1. The zero-order chi connectivity index (χ0) is 30.1. The highest BCUT2D eigenvalue weighted by Gasteiger charge is 2.33. The second kappa shape index (κ2) is 11.7. The molecule has 2 aliphatic rings. The number of benzene rings is 1. The smallest absolute Gasteiger partial charge is 0.343 e. The van der Waals surface area contributed by atoms with Crippen molar-refractivity contribution in [3.05, 3.63) is 77.5 Å². The van der Waals surface area contributed by atoms with E-state index >= 15 is 0 Å². The number of hydrogen-bond acceptors (Lipinski definition) is 10. The maximum absolute atomic E-state index is 14.5. The Bertz CT molecular complexity index is 1710. The van der Waals surface area contributed by atoms with Gasteiger partial charge in [0, 0.05) is 49.4 Å². The maximum Gasteiger partial charge on any atom is 0.343 e. The minimum absolute atomic E-state index is 0.00616. The van der Waals surface area contributed by atoms with Crippen LogP contribution in [-0.2, 0) is 4.74 Å². The van der Waals surface area contributed by atoms with Gasteiger partial charge in [-0.25, -0.2) is 23.7 Å². The lowest BCUT2D eigenvalue weighted by atomic mass is 9.96.